The minimum atomic E-state index is -0.869. The molecule has 176 valence electrons. The molecule has 7 nitrogen and oxygen atoms in total. The first-order valence-corrected chi connectivity index (χ1v) is 11.4. The summed E-state index contributed by atoms with van der Waals surface area (Å²) < 4.78 is 5.46. The number of hydrogen-bond donors (Lipinski definition) is 3. The smallest absolute Gasteiger partial charge is 0.407 e. The van der Waals surface area contributed by atoms with Crippen molar-refractivity contribution in [2.24, 2.45) is 11.8 Å². The molecule has 0 aromatic heterocycles. The lowest BCUT2D eigenvalue weighted by Gasteiger charge is -2.18. The number of ether oxygens (including phenoxy) is 1. The summed E-state index contributed by atoms with van der Waals surface area (Å²) >= 11 is 0. The van der Waals surface area contributed by atoms with E-state index >= 15 is 0 Å². The second-order valence-electron chi connectivity index (χ2n) is 8.90. The van der Waals surface area contributed by atoms with Gasteiger partial charge in [-0.05, 0) is 40.5 Å². The van der Waals surface area contributed by atoms with Crippen LogP contribution in [0.25, 0.3) is 11.1 Å². The van der Waals surface area contributed by atoms with Gasteiger partial charge in [0.2, 0.25) is 5.91 Å². The number of aliphatic carboxylic acids is 1. The van der Waals surface area contributed by atoms with Gasteiger partial charge < -0.3 is 20.5 Å². The molecule has 0 aliphatic heterocycles. The molecule has 0 fully saturated rings. The van der Waals surface area contributed by atoms with Gasteiger partial charge in [0.25, 0.3) is 0 Å². The van der Waals surface area contributed by atoms with Crippen LogP contribution in [0.15, 0.2) is 48.5 Å². The van der Waals surface area contributed by atoms with Gasteiger partial charge in [-0.3, -0.25) is 9.59 Å². The van der Waals surface area contributed by atoms with E-state index in [2.05, 4.69) is 34.9 Å². The Morgan fingerprint density at radius 1 is 0.970 bits per heavy atom. The minimum Gasteiger partial charge on any atom is -0.481 e. The van der Waals surface area contributed by atoms with Crippen LogP contribution in [0.2, 0.25) is 0 Å². The van der Waals surface area contributed by atoms with Crippen molar-refractivity contribution < 1.29 is 24.2 Å². The fraction of sp³-hybridized carbons (Fsp3) is 0.423. The van der Waals surface area contributed by atoms with E-state index in [1.165, 1.54) is 0 Å². The SMILES string of the molecule is CC(C)CC(CNC(=O)CCNC(=O)OCC1c2ccccc2-c2ccccc21)CC(=O)O. The fourth-order valence-electron chi connectivity index (χ4n) is 4.43. The van der Waals surface area contributed by atoms with Crippen LogP contribution in [0.5, 0.6) is 0 Å². The summed E-state index contributed by atoms with van der Waals surface area (Å²) in [4.78, 5) is 35.3. The normalized spacial score (nSPS) is 13.2. The second-order valence-corrected chi connectivity index (χ2v) is 8.90. The Balaban J connectivity index is 1.41. The summed E-state index contributed by atoms with van der Waals surface area (Å²) in [7, 11) is 0. The molecule has 0 spiro atoms. The van der Waals surface area contributed by atoms with Crippen LogP contribution in [-0.4, -0.2) is 42.8 Å². The van der Waals surface area contributed by atoms with E-state index in [-0.39, 0.29) is 43.7 Å². The third kappa shape index (κ3) is 6.81. The molecular weight excluding hydrogens is 420 g/mol. The van der Waals surface area contributed by atoms with Crippen LogP contribution in [0.3, 0.4) is 0 Å². The van der Waals surface area contributed by atoms with Crippen LogP contribution in [0.1, 0.15) is 50.2 Å². The molecule has 33 heavy (non-hydrogen) atoms. The molecule has 3 rings (SSSR count). The van der Waals surface area contributed by atoms with Gasteiger partial charge in [-0.15, -0.1) is 0 Å². The third-order valence-corrected chi connectivity index (χ3v) is 5.82. The molecule has 0 saturated heterocycles. The molecule has 1 unspecified atom stereocenters. The number of alkyl carbamates (subject to hydrolysis) is 1. The number of hydrogen-bond acceptors (Lipinski definition) is 4. The van der Waals surface area contributed by atoms with Crippen molar-refractivity contribution in [2.75, 3.05) is 19.7 Å². The van der Waals surface area contributed by atoms with Gasteiger partial charge in [-0.25, -0.2) is 4.79 Å². The number of carbonyl (C=O) groups is 3. The third-order valence-electron chi connectivity index (χ3n) is 5.82. The van der Waals surface area contributed by atoms with Gasteiger partial charge in [0, 0.05) is 31.8 Å². The van der Waals surface area contributed by atoms with Gasteiger partial charge in [0.1, 0.15) is 6.61 Å². The summed E-state index contributed by atoms with van der Waals surface area (Å²) in [5, 5.41) is 14.4. The maximum atomic E-state index is 12.2. The molecule has 0 heterocycles. The number of carbonyl (C=O) groups excluding carboxylic acids is 2. The molecular formula is C26H32N2O5. The Labute approximate surface area is 194 Å². The molecule has 1 aliphatic carbocycles. The molecule has 1 atom stereocenters. The first kappa shape index (κ1) is 24.3. The predicted molar refractivity (Wildman–Crippen MR) is 126 cm³/mol. The molecule has 7 heteroatoms. The van der Waals surface area contributed by atoms with Crippen LogP contribution >= 0.6 is 0 Å². The summed E-state index contributed by atoms with van der Waals surface area (Å²) in [6, 6.07) is 16.2. The van der Waals surface area contributed by atoms with Crippen LogP contribution in [0, 0.1) is 11.8 Å². The first-order valence-electron chi connectivity index (χ1n) is 11.4. The van der Waals surface area contributed by atoms with Gasteiger partial charge >= 0.3 is 12.1 Å². The molecule has 0 saturated carbocycles. The zero-order valence-electron chi connectivity index (χ0n) is 19.2. The Morgan fingerprint density at radius 2 is 1.58 bits per heavy atom. The highest BCUT2D eigenvalue weighted by atomic mass is 16.5. The van der Waals surface area contributed by atoms with Crippen molar-refractivity contribution in [1.82, 2.24) is 10.6 Å². The summed E-state index contributed by atoms with van der Waals surface area (Å²) in [5.41, 5.74) is 4.61. The maximum absolute atomic E-state index is 12.2. The molecule has 1 aliphatic rings. The number of nitrogens with one attached hydrogen (secondary N) is 2. The molecule has 3 N–H and O–H groups in total. The second kappa shape index (κ2) is 11.5. The Bertz CT molecular complexity index is 943. The highest BCUT2D eigenvalue weighted by molar-refractivity contribution is 5.79. The van der Waals surface area contributed by atoms with E-state index in [0.717, 1.165) is 28.7 Å². The maximum Gasteiger partial charge on any atom is 0.407 e. The van der Waals surface area contributed by atoms with Crippen molar-refractivity contribution in [2.45, 2.75) is 39.0 Å². The van der Waals surface area contributed by atoms with Gasteiger partial charge in [0.15, 0.2) is 0 Å². The van der Waals surface area contributed by atoms with Gasteiger partial charge in [-0.2, -0.15) is 0 Å². The lowest BCUT2D eigenvalue weighted by molar-refractivity contribution is -0.138. The topological polar surface area (TPSA) is 105 Å². The predicted octanol–water partition coefficient (Wildman–Crippen LogP) is 4.17. The number of fused-ring (bicyclic) bond motifs is 3. The highest BCUT2D eigenvalue weighted by Crippen LogP contribution is 2.44. The van der Waals surface area contributed by atoms with E-state index in [1.807, 2.05) is 38.1 Å². The van der Waals surface area contributed by atoms with Crippen molar-refractivity contribution in [3.63, 3.8) is 0 Å². The first-order chi connectivity index (χ1) is 15.8. The largest absolute Gasteiger partial charge is 0.481 e. The van der Waals surface area contributed by atoms with E-state index in [9.17, 15) is 14.4 Å². The van der Waals surface area contributed by atoms with Gasteiger partial charge in [-0.1, -0.05) is 62.4 Å². The monoisotopic (exact) mass is 452 g/mol. The van der Waals surface area contributed by atoms with Crippen molar-refractivity contribution in [3.05, 3.63) is 59.7 Å². The Hall–Kier alpha value is -3.35. The minimum absolute atomic E-state index is 0.0152. The zero-order valence-corrected chi connectivity index (χ0v) is 19.2. The van der Waals surface area contributed by atoms with Crippen LogP contribution in [-0.2, 0) is 14.3 Å². The van der Waals surface area contributed by atoms with Crippen molar-refractivity contribution in [1.29, 1.82) is 0 Å². The van der Waals surface area contributed by atoms with Crippen LogP contribution in [0.4, 0.5) is 4.79 Å². The number of rotatable bonds is 11. The lowest BCUT2D eigenvalue weighted by Crippen LogP contribution is -2.34. The Kier molecular flexibility index (Phi) is 8.46. The average molecular weight is 453 g/mol. The zero-order chi connectivity index (χ0) is 23.8. The summed E-state index contributed by atoms with van der Waals surface area (Å²) in [6.45, 7) is 4.73. The van der Waals surface area contributed by atoms with E-state index < -0.39 is 12.1 Å². The highest BCUT2D eigenvalue weighted by Gasteiger charge is 2.29. The number of carboxylic acid groups (broad SMARTS) is 1. The molecule has 2 aromatic carbocycles. The summed E-state index contributed by atoms with van der Waals surface area (Å²) in [5.74, 6) is -0.874. The standard InChI is InChI=1S/C26H32N2O5/c1-17(2)13-18(14-25(30)31)15-28-24(29)11-12-27-26(32)33-16-23-21-9-5-3-7-19(21)20-8-4-6-10-22(20)23/h3-10,17-18,23H,11-16H2,1-2H3,(H,27,32)(H,28,29)(H,30,31). The van der Waals surface area contributed by atoms with E-state index in [0.29, 0.717) is 12.5 Å². The number of benzene rings is 2. The van der Waals surface area contributed by atoms with E-state index in [1.54, 1.807) is 0 Å². The fourth-order valence-corrected chi connectivity index (χ4v) is 4.43. The molecule has 2 aromatic rings. The quantitative estimate of drug-likeness (QED) is 0.475. The molecule has 0 radical (unpaired) electrons. The van der Waals surface area contributed by atoms with Crippen molar-refractivity contribution >= 4 is 18.0 Å². The van der Waals surface area contributed by atoms with Gasteiger partial charge in [0.05, 0.1) is 0 Å². The average Bonchev–Trinajstić information content (AvgIpc) is 3.09. The number of amides is 2. The lowest BCUT2D eigenvalue weighted by atomic mass is 9.94. The molecule has 2 amide bonds. The Morgan fingerprint density at radius 3 is 2.15 bits per heavy atom. The van der Waals surface area contributed by atoms with Crippen LogP contribution < -0.4 is 10.6 Å². The molecule has 0 bridgehead atoms. The summed E-state index contributed by atoms with van der Waals surface area (Å²) in [6.07, 6.45) is 0.292. The van der Waals surface area contributed by atoms with E-state index in [4.69, 9.17) is 9.84 Å². The number of carboxylic acids is 1. The van der Waals surface area contributed by atoms with Crippen molar-refractivity contribution in [3.8, 4) is 11.1 Å².